The number of imidazole rings is 1. The predicted molar refractivity (Wildman–Crippen MR) is 112 cm³/mol. The third-order valence-corrected chi connectivity index (χ3v) is 5.48. The summed E-state index contributed by atoms with van der Waals surface area (Å²) in [6, 6.07) is 17.4. The number of hydrogen-bond donors (Lipinski definition) is 1. The van der Waals surface area contributed by atoms with Gasteiger partial charge in [0.2, 0.25) is 0 Å². The highest BCUT2D eigenvalue weighted by Gasteiger charge is 2.29. The van der Waals surface area contributed by atoms with E-state index in [1.54, 1.807) is 29.7 Å². The third-order valence-electron chi connectivity index (χ3n) is 5.14. The summed E-state index contributed by atoms with van der Waals surface area (Å²) in [5, 5.41) is 10.9. The van der Waals surface area contributed by atoms with Crippen LogP contribution in [0.25, 0.3) is 0 Å². The Morgan fingerprint density at radius 1 is 1.23 bits per heavy atom. The summed E-state index contributed by atoms with van der Waals surface area (Å²) in [6.07, 6.45) is 4.05. The molecule has 3 aromatic rings. The van der Waals surface area contributed by atoms with Gasteiger partial charge in [-0.25, -0.2) is 4.98 Å². The molecule has 1 N–H and O–H groups in total. The quantitative estimate of drug-likeness (QED) is 0.680. The number of benzene rings is 2. The zero-order valence-electron chi connectivity index (χ0n) is 16.1. The summed E-state index contributed by atoms with van der Waals surface area (Å²) in [5.74, 6) is 0. The second kappa shape index (κ2) is 8.90. The lowest BCUT2D eigenvalue weighted by atomic mass is 10.1. The number of nitriles is 1. The third kappa shape index (κ3) is 4.56. The van der Waals surface area contributed by atoms with Crippen molar-refractivity contribution >= 4 is 16.2 Å². The molecule has 2 aromatic carbocycles. The Morgan fingerprint density at radius 3 is 2.77 bits per heavy atom. The van der Waals surface area contributed by atoms with Gasteiger partial charge in [-0.2, -0.15) is 18.7 Å². The van der Waals surface area contributed by atoms with Gasteiger partial charge in [0.1, 0.15) is 0 Å². The number of rotatable bonds is 5. The summed E-state index contributed by atoms with van der Waals surface area (Å²) in [7, 11) is -2.57. The normalized spacial score (nSPS) is 16.4. The van der Waals surface area contributed by atoms with Crippen LogP contribution in [-0.2, 0) is 30.0 Å². The first kappa shape index (κ1) is 19.8. The number of H-pyrrole nitrogens is 1. The van der Waals surface area contributed by atoms with Crippen LogP contribution in [0, 0.1) is 11.3 Å². The number of nitrogens with zero attached hydrogens (tertiary/aromatic N) is 5. The van der Waals surface area contributed by atoms with Crippen molar-refractivity contribution in [2.45, 2.75) is 25.6 Å². The lowest BCUT2D eigenvalue weighted by Gasteiger charge is -2.29. The molecule has 152 valence electrons. The largest absolute Gasteiger partial charge is 0.364 e. The van der Waals surface area contributed by atoms with Crippen LogP contribution in [0.3, 0.4) is 0 Å². The molecular weight excluding hydrogens is 400 g/mol. The van der Waals surface area contributed by atoms with E-state index in [-0.39, 0.29) is 6.04 Å². The summed E-state index contributed by atoms with van der Waals surface area (Å²) in [6.45, 7) is 1.45. The number of fused-ring (bicyclic) bond motifs is 1. The van der Waals surface area contributed by atoms with Gasteiger partial charge in [-0.05, 0) is 35.7 Å². The van der Waals surface area contributed by atoms with Crippen molar-refractivity contribution in [1.29, 1.82) is 5.26 Å². The Balaban J connectivity index is 1.76. The molecule has 0 fully saturated rings. The fraction of sp³-hybridized carbons (Fsp3) is 0.238. The minimum atomic E-state index is -2.57. The van der Waals surface area contributed by atoms with Gasteiger partial charge >= 0.3 is 10.5 Å². The molecule has 1 aromatic heterocycles. The molecular formula is C21H20N6O2S. The topological polar surface area (TPSA) is 105 Å². The number of nitrogens with one attached hydrogen (secondary N) is 1. The molecule has 0 saturated heterocycles. The monoisotopic (exact) mass is 420 g/mol. The fourth-order valence-corrected chi connectivity index (χ4v) is 4.17. The van der Waals surface area contributed by atoms with Gasteiger partial charge in [0.05, 0.1) is 36.2 Å². The molecule has 0 aliphatic carbocycles. The van der Waals surface area contributed by atoms with E-state index in [0.717, 1.165) is 22.5 Å². The molecule has 0 bridgehead atoms. The van der Waals surface area contributed by atoms with Gasteiger partial charge in [0, 0.05) is 25.0 Å². The van der Waals surface area contributed by atoms with Gasteiger partial charge < -0.3 is 9.88 Å². The van der Waals surface area contributed by atoms with E-state index in [1.807, 2.05) is 36.4 Å². The Bertz CT molecular complexity index is 1180. The number of hydrogen-bond acceptors (Lipinski definition) is 6. The molecule has 8 nitrogen and oxygen atoms in total. The van der Waals surface area contributed by atoms with Crippen molar-refractivity contribution in [2.75, 3.05) is 11.4 Å². The van der Waals surface area contributed by atoms with E-state index in [0.29, 0.717) is 31.6 Å². The average Bonchev–Trinajstić information content (AvgIpc) is 3.21. The summed E-state index contributed by atoms with van der Waals surface area (Å²) in [5.41, 5.74) is 4.39. The van der Waals surface area contributed by atoms with Crippen LogP contribution in [0.1, 0.15) is 22.4 Å². The van der Waals surface area contributed by atoms with Gasteiger partial charge in [-0.3, -0.25) is 0 Å². The highest BCUT2D eigenvalue weighted by molar-refractivity contribution is 7.61. The average molecular weight is 420 g/mol. The molecule has 1 atom stereocenters. The smallest absolute Gasteiger partial charge is 0.328 e. The molecule has 0 radical (unpaired) electrons. The zero-order valence-corrected chi connectivity index (χ0v) is 17.0. The molecule has 4 rings (SSSR count). The van der Waals surface area contributed by atoms with Gasteiger partial charge in [0.25, 0.3) is 0 Å². The molecule has 0 amide bonds. The van der Waals surface area contributed by atoms with E-state index in [2.05, 4.69) is 25.4 Å². The van der Waals surface area contributed by atoms with E-state index in [9.17, 15) is 13.7 Å². The summed E-state index contributed by atoms with van der Waals surface area (Å²) in [4.78, 5) is 9.41. The van der Waals surface area contributed by atoms with E-state index < -0.39 is 10.5 Å². The minimum absolute atomic E-state index is 0.175. The van der Waals surface area contributed by atoms with Crippen LogP contribution in [0.15, 0.2) is 65.5 Å². The first-order valence-electron chi connectivity index (χ1n) is 9.49. The van der Waals surface area contributed by atoms with Crippen LogP contribution in [0.5, 0.6) is 0 Å². The Hall–Kier alpha value is -3.48. The SMILES string of the molecule is N#Cc1ccc2c(c1)CN(N=S(=O)=O)C(Cc1ccccc1)CN2Cc1cnc[nH]1. The van der Waals surface area contributed by atoms with Crippen LogP contribution in [-0.4, -0.2) is 36.0 Å². The van der Waals surface area contributed by atoms with E-state index in [1.165, 1.54) is 0 Å². The van der Waals surface area contributed by atoms with Crippen molar-refractivity contribution in [2.24, 2.45) is 4.47 Å². The minimum Gasteiger partial charge on any atom is -0.364 e. The van der Waals surface area contributed by atoms with Crippen molar-refractivity contribution in [3.8, 4) is 6.07 Å². The molecule has 1 unspecified atom stereocenters. The predicted octanol–water partition coefficient (Wildman–Crippen LogP) is 2.69. The fourth-order valence-electron chi connectivity index (χ4n) is 3.80. The van der Waals surface area contributed by atoms with Crippen molar-refractivity contribution in [3.05, 3.63) is 83.4 Å². The maximum absolute atomic E-state index is 11.5. The number of anilines is 1. The highest BCUT2D eigenvalue weighted by atomic mass is 32.2. The van der Waals surface area contributed by atoms with Gasteiger partial charge in [-0.1, -0.05) is 34.8 Å². The van der Waals surface area contributed by atoms with Crippen LogP contribution < -0.4 is 4.90 Å². The molecule has 2 heterocycles. The van der Waals surface area contributed by atoms with Crippen molar-refractivity contribution in [3.63, 3.8) is 0 Å². The molecule has 1 aliphatic rings. The Kier molecular flexibility index (Phi) is 5.88. The van der Waals surface area contributed by atoms with Crippen LogP contribution in [0.2, 0.25) is 0 Å². The van der Waals surface area contributed by atoms with Crippen molar-refractivity contribution < 1.29 is 8.42 Å². The maximum atomic E-state index is 11.5. The Labute approximate surface area is 176 Å². The molecule has 9 heteroatoms. The Morgan fingerprint density at radius 2 is 2.07 bits per heavy atom. The highest BCUT2D eigenvalue weighted by Crippen LogP contribution is 2.30. The molecule has 30 heavy (non-hydrogen) atoms. The van der Waals surface area contributed by atoms with E-state index in [4.69, 9.17) is 0 Å². The van der Waals surface area contributed by atoms with Gasteiger partial charge in [0.15, 0.2) is 0 Å². The molecule has 1 aliphatic heterocycles. The standard InChI is InChI=1S/C21H20N6O2S/c22-10-17-6-7-21-18(8-17)12-27(25-30(28)29)20(9-16-4-2-1-3-5-16)14-26(21)13-19-11-23-15-24-19/h1-8,11,15,20H,9,12-14H2,(H,23,24). The number of aromatic nitrogens is 2. The zero-order chi connectivity index (χ0) is 20.9. The lowest BCUT2D eigenvalue weighted by Crippen LogP contribution is -2.40. The second-order valence-corrected chi connectivity index (χ2v) is 7.75. The first-order chi connectivity index (χ1) is 14.6. The van der Waals surface area contributed by atoms with Crippen LogP contribution >= 0.6 is 0 Å². The van der Waals surface area contributed by atoms with Crippen LogP contribution in [0.4, 0.5) is 5.69 Å². The number of aromatic amines is 1. The van der Waals surface area contributed by atoms with Crippen molar-refractivity contribution in [1.82, 2.24) is 15.0 Å². The summed E-state index contributed by atoms with van der Waals surface area (Å²) >= 11 is 0. The van der Waals surface area contributed by atoms with E-state index >= 15 is 0 Å². The summed E-state index contributed by atoms with van der Waals surface area (Å²) < 4.78 is 26.8. The molecule has 0 saturated carbocycles. The maximum Gasteiger partial charge on any atom is 0.328 e. The molecule has 0 spiro atoms. The van der Waals surface area contributed by atoms with Gasteiger partial charge in [-0.15, -0.1) is 0 Å². The lowest BCUT2D eigenvalue weighted by molar-refractivity contribution is 0.205. The second-order valence-electron chi connectivity index (χ2n) is 7.15. The first-order valence-corrected chi connectivity index (χ1v) is 10.5.